The van der Waals surface area contributed by atoms with E-state index in [4.69, 9.17) is 19.1 Å². The van der Waals surface area contributed by atoms with Crippen LogP contribution in [0.15, 0.2) is 63.1 Å². The van der Waals surface area contributed by atoms with Gasteiger partial charge in [-0.3, -0.25) is 0 Å². The molecule has 5 nitrogen and oxygen atoms in total. The first-order chi connectivity index (χ1) is 14.7. The van der Waals surface area contributed by atoms with Gasteiger partial charge in [-0.05, 0) is 43.7 Å². The van der Waals surface area contributed by atoms with Crippen molar-refractivity contribution in [2.24, 2.45) is 0 Å². The molecule has 154 valence electrons. The van der Waals surface area contributed by atoms with E-state index < -0.39 is 0 Å². The lowest BCUT2D eigenvalue weighted by molar-refractivity contribution is 0.0531. The van der Waals surface area contributed by atoms with Crippen LogP contribution in [0, 0.1) is 6.92 Å². The topological polar surface area (TPSA) is 65.2 Å². The first-order valence-electron chi connectivity index (χ1n) is 9.46. The van der Waals surface area contributed by atoms with E-state index in [1.165, 1.54) is 16.2 Å². The van der Waals surface area contributed by atoms with Gasteiger partial charge in [-0.25, -0.2) is 14.8 Å². The summed E-state index contributed by atoms with van der Waals surface area (Å²) in [6.07, 6.45) is 1.67. The molecule has 0 unspecified atom stereocenters. The van der Waals surface area contributed by atoms with E-state index in [9.17, 15) is 4.79 Å². The fourth-order valence-electron chi connectivity index (χ4n) is 2.90. The van der Waals surface area contributed by atoms with Crippen molar-refractivity contribution in [2.75, 3.05) is 6.61 Å². The number of hydrogen-bond acceptors (Lipinski definition) is 8. The Labute approximate surface area is 187 Å². The first kappa shape index (κ1) is 21.0. The minimum atomic E-state index is -0.305. The van der Waals surface area contributed by atoms with E-state index in [0.717, 1.165) is 32.4 Å². The molecule has 0 saturated carbocycles. The van der Waals surface area contributed by atoms with Gasteiger partial charge in [0, 0.05) is 10.3 Å². The van der Waals surface area contributed by atoms with Crippen molar-refractivity contribution in [3.63, 3.8) is 0 Å². The van der Waals surface area contributed by atoms with Crippen LogP contribution < -0.4 is 0 Å². The lowest BCUT2D eigenvalue weighted by atomic mass is 10.2. The maximum absolute atomic E-state index is 12.4. The van der Waals surface area contributed by atoms with Gasteiger partial charge in [0.2, 0.25) is 0 Å². The normalized spacial score (nSPS) is 11.1. The van der Waals surface area contributed by atoms with Gasteiger partial charge in [0.25, 0.3) is 0 Å². The predicted molar refractivity (Wildman–Crippen MR) is 122 cm³/mol. The Balaban J connectivity index is 1.68. The van der Waals surface area contributed by atoms with Crippen LogP contribution in [0.3, 0.4) is 0 Å². The summed E-state index contributed by atoms with van der Waals surface area (Å²) in [6.45, 7) is 4.09. The number of rotatable bonds is 8. The number of furan rings is 1. The lowest BCUT2D eigenvalue weighted by Crippen LogP contribution is -2.03. The molecule has 0 N–H and O–H groups in total. The van der Waals surface area contributed by atoms with Gasteiger partial charge < -0.3 is 9.15 Å². The van der Waals surface area contributed by atoms with Crippen LogP contribution in [0.4, 0.5) is 0 Å². The molecule has 0 saturated heterocycles. The van der Waals surface area contributed by atoms with Gasteiger partial charge in [-0.2, -0.15) is 0 Å². The van der Waals surface area contributed by atoms with Crippen LogP contribution in [0.1, 0.15) is 33.7 Å². The van der Waals surface area contributed by atoms with E-state index in [1.54, 1.807) is 29.8 Å². The zero-order valence-corrected chi connectivity index (χ0v) is 19.0. The zero-order chi connectivity index (χ0) is 20.9. The Morgan fingerprint density at radius 3 is 2.67 bits per heavy atom. The zero-order valence-electron chi connectivity index (χ0n) is 16.6. The second kappa shape index (κ2) is 9.68. The summed E-state index contributed by atoms with van der Waals surface area (Å²) in [7, 11) is 0. The van der Waals surface area contributed by atoms with Gasteiger partial charge >= 0.3 is 5.97 Å². The van der Waals surface area contributed by atoms with Crippen LogP contribution in [-0.4, -0.2) is 22.5 Å². The fraction of sp³-hybridized carbons (Fsp3) is 0.227. The average molecular weight is 457 g/mol. The highest BCUT2D eigenvalue weighted by molar-refractivity contribution is 7.99. The van der Waals surface area contributed by atoms with Gasteiger partial charge in [-0.1, -0.05) is 30.0 Å². The molecule has 4 aromatic rings. The number of benzene rings is 1. The minimum Gasteiger partial charge on any atom is -0.468 e. The number of aromatic nitrogens is 2. The lowest BCUT2D eigenvalue weighted by Gasteiger charge is -2.07. The smallest absolute Gasteiger partial charge is 0.348 e. The minimum absolute atomic E-state index is 0.305. The number of carbonyl (C=O) groups excluding carboxylic acids is 1. The van der Waals surface area contributed by atoms with Crippen LogP contribution in [0.2, 0.25) is 0 Å². The predicted octanol–water partition coefficient (Wildman–Crippen LogP) is 6.35. The maximum Gasteiger partial charge on any atom is 0.348 e. The number of fused-ring (bicyclic) bond motifs is 1. The highest BCUT2D eigenvalue weighted by Gasteiger charge is 2.22. The first-order valence-corrected chi connectivity index (χ1v) is 12.2. The number of ether oxygens (including phenoxy) is 1. The summed E-state index contributed by atoms with van der Waals surface area (Å²) in [4.78, 5) is 24.6. The summed E-state index contributed by atoms with van der Waals surface area (Å²) in [5.74, 6) is 2.63. The summed E-state index contributed by atoms with van der Waals surface area (Å²) in [5, 5.41) is 1.79. The molecular weight excluding hydrogens is 436 g/mol. The highest BCUT2D eigenvalue weighted by atomic mass is 32.2. The van der Waals surface area contributed by atoms with E-state index in [2.05, 4.69) is 12.1 Å². The molecule has 3 heterocycles. The molecule has 0 amide bonds. The number of thioether (sulfide) groups is 2. The Morgan fingerprint density at radius 1 is 1.10 bits per heavy atom. The molecule has 0 spiro atoms. The van der Waals surface area contributed by atoms with Crippen LogP contribution >= 0.6 is 34.9 Å². The second-order valence-corrected chi connectivity index (χ2v) is 9.38. The third kappa shape index (κ3) is 4.71. The number of aryl methyl sites for hydroxylation is 1. The standard InChI is InChI=1S/C22H20N2O3S3/c1-3-26-22(25)19-14(2)18-20(29-12-15-8-7-11-27-15)23-17(24-21(18)30-19)13-28-16-9-5-4-6-10-16/h4-11H,3,12-13H2,1-2H3. The number of carbonyl (C=O) groups is 1. The van der Waals surface area contributed by atoms with Gasteiger partial charge in [0.15, 0.2) is 0 Å². The third-order valence-electron chi connectivity index (χ3n) is 4.31. The van der Waals surface area contributed by atoms with E-state index in [-0.39, 0.29) is 5.97 Å². The Morgan fingerprint density at radius 2 is 1.93 bits per heavy atom. The van der Waals surface area contributed by atoms with Gasteiger partial charge in [-0.15, -0.1) is 23.1 Å². The van der Waals surface area contributed by atoms with Crippen LogP contribution in [0.25, 0.3) is 10.2 Å². The fourth-order valence-corrected chi connectivity index (χ4v) is 5.84. The van der Waals surface area contributed by atoms with Crippen molar-refractivity contribution in [1.82, 2.24) is 9.97 Å². The van der Waals surface area contributed by atoms with Crippen molar-refractivity contribution < 1.29 is 13.9 Å². The SMILES string of the molecule is CCOC(=O)c1sc2nc(CSc3ccccc3)nc(SCc3ccco3)c2c1C. The van der Waals surface area contributed by atoms with Crippen molar-refractivity contribution in [2.45, 2.75) is 35.3 Å². The van der Waals surface area contributed by atoms with Crippen molar-refractivity contribution >= 4 is 51.0 Å². The van der Waals surface area contributed by atoms with Crippen LogP contribution in [0.5, 0.6) is 0 Å². The van der Waals surface area contributed by atoms with E-state index >= 15 is 0 Å². The van der Waals surface area contributed by atoms with E-state index in [1.807, 2.05) is 44.2 Å². The third-order valence-corrected chi connectivity index (χ3v) is 7.48. The monoisotopic (exact) mass is 456 g/mol. The summed E-state index contributed by atoms with van der Waals surface area (Å²) < 4.78 is 10.7. The number of esters is 1. The molecule has 0 fully saturated rings. The van der Waals surface area contributed by atoms with Crippen LogP contribution in [-0.2, 0) is 16.2 Å². The Kier molecular flexibility index (Phi) is 6.76. The molecule has 0 aliphatic heterocycles. The molecule has 0 bridgehead atoms. The molecule has 0 aliphatic carbocycles. The number of thiophene rings is 1. The Hall–Kier alpha value is -2.29. The molecule has 30 heavy (non-hydrogen) atoms. The molecule has 3 aromatic heterocycles. The largest absolute Gasteiger partial charge is 0.468 e. The molecule has 8 heteroatoms. The highest BCUT2D eigenvalue weighted by Crippen LogP contribution is 2.37. The second-order valence-electron chi connectivity index (χ2n) is 6.37. The van der Waals surface area contributed by atoms with Crippen molar-refractivity contribution in [3.8, 4) is 0 Å². The molecule has 0 aliphatic rings. The maximum atomic E-state index is 12.4. The van der Waals surface area contributed by atoms with Crippen molar-refractivity contribution in [1.29, 1.82) is 0 Å². The van der Waals surface area contributed by atoms with Crippen molar-refractivity contribution in [3.05, 3.63) is 70.8 Å². The van der Waals surface area contributed by atoms with Gasteiger partial charge in [0.1, 0.15) is 26.3 Å². The molecule has 0 radical (unpaired) electrons. The molecular formula is C22H20N2O3S3. The Bertz CT molecular complexity index is 1140. The molecule has 1 aromatic carbocycles. The number of hydrogen-bond donors (Lipinski definition) is 0. The van der Waals surface area contributed by atoms with Gasteiger partial charge in [0.05, 0.1) is 24.4 Å². The average Bonchev–Trinajstić information content (AvgIpc) is 3.39. The quantitative estimate of drug-likeness (QED) is 0.174. The summed E-state index contributed by atoms with van der Waals surface area (Å²) >= 11 is 4.66. The molecule has 0 atom stereocenters. The summed E-state index contributed by atoms with van der Waals surface area (Å²) in [5.41, 5.74) is 0.873. The molecule has 4 rings (SSSR count). The number of nitrogens with zero attached hydrogens (tertiary/aromatic N) is 2. The summed E-state index contributed by atoms with van der Waals surface area (Å²) in [6, 6.07) is 14.0. The van der Waals surface area contributed by atoms with E-state index in [0.29, 0.717) is 23.0 Å².